The van der Waals surface area contributed by atoms with E-state index < -0.39 is 52.7 Å². The molecule has 4 aromatic carbocycles. The summed E-state index contributed by atoms with van der Waals surface area (Å²) >= 11 is 6.59. The van der Waals surface area contributed by atoms with Crippen LogP contribution >= 0.6 is 11.6 Å². The summed E-state index contributed by atoms with van der Waals surface area (Å²) in [7, 11) is -13.1. The van der Waals surface area contributed by atoms with Crippen LogP contribution in [0.4, 0.5) is 22.9 Å². The molecular weight excluding hydrogens is 1050 g/mol. The number of pyridine rings is 1. The van der Waals surface area contributed by atoms with Gasteiger partial charge in [-0.2, -0.15) is 25.3 Å². The molecule has 0 bridgehead atoms. The van der Waals surface area contributed by atoms with Gasteiger partial charge in [0.15, 0.2) is 5.71 Å². The highest BCUT2D eigenvalue weighted by Crippen LogP contribution is 2.49. The lowest BCUT2D eigenvalue weighted by Crippen LogP contribution is -2.36. The zero-order valence-electron chi connectivity index (χ0n) is 42.2. The summed E-state index contributed by atoms with van der Waals surface area (Å²) in [6.45, 7) is 8.18. The number of nitrogens with one attached hydrogen (secondary N) is 1. The van der Waals surface area contributed by atoms with Crippen LogP contribution in [0.3, 0.4) is 0 Å². The molecule has 5 aromatic rings. The summed E-state index contributed by atoms with van der Waals surface area (Å²) in [6.07, 6.45) is 9.79. The highest BCUT2D eigenvalue weighted by Gasteiger charge is 2.43. The van der Waals surface area contributed by atoms with Crippen LogP contribution in [0.15, 0.2) is 143 Å². The molecule has 0 saturated heterocycles. The number of anilines is 3. The quantitative estimate of drug-likeness (QED) is 0.0263. The molecule has 0 saturated carbocycles. The molecule has 396 valence electrons. The van der Waals surface area contributed by atoms with Gasteiger partial charge in [-0.05, 0) is 115 Å². The normalized spacial score (nSPS) is 16.1. The molecule has 4 N–H and O–H groups in total. The standard InChI is InChI=1S/C56H56ClN5O11S3/c1-55(2)46-35-43(57)37-60(30-10-32-74(65,66)67)54(46)59-50(55)25-21-39(22-26-51-56(3,4)45-36-44(76(71,72)73)23-24-49(45)61(51)31-11-33-75(68,69)70)42-15-9-12-38(34-42)18-27-52(63)58-29-28-53(64)62-47-16-7-5-13-40(47)19-20-41-14-6-8-17-48(41)62/h5-9,12-17,21-26,34-37H,10-11,18,27-33H2,1-4H3,(H3-,58,63,65,66,67,68,69,70,71,72,73)/p+1. The Hall–Kier alpha value is -6.76. The van der Waals surface area contributed by atoms with Gasteiger partial charge in [-0.1, -0.05) is 98.0 Å². The minimum Gasteiger partial charge on any atom is -0.356 e. The van der Waals surface area contributed by atoms with Crippen LogP contribution in [0.2, 0.25) is 5.02 Å². The van der Waals surface area contributed by atoms with Gasteiger partial charge in [0.1, 0.15) is 6.20 Å². The lowest BCUT2D eigenvalue weighted by Gasteiger charge is -2.27. The first-order valence-corrected chi connectivity index (χ1v) is 29.5. The van der Waals surface area contributed by atoms with Crippen molar-refractivity contribution in [2.75, 3.05) is 34.4 Å². The second-order valence-electron chi connectivity index (χ2n) is 19.7. The van der Waals surface area contributed by atoms with Crippen molar-refractivity contribution in [2.45, 2.75) is 82.1 Å². The molecule has 3 aliphatic heterocycles. The topological polar surface area (TPSA) is 232 Å². The number of aliphatic imine (C=N–C) groups is 1. The van der Waals surface area contributed by atoms with Gasteiger partial charge in [0.05, 0.1) is 50.3 Å². The van der Waals surface area contributed by atoms with Crippen LogP contribution in [0.5, 0.6) is 0 Å². The fraction of sp³-hybridized carbons (Fsp3) is 0.286. The lowest BCUT2D eigenvalue weighted by atomic mass is 9.81. The SMILES string of the molecule is CC1(C)C(/C=C/C(=C/C=C2/N(CCCS(=O)(=O)O)c3ccc(S(=O)(=O)O)cc3C2(C)C)c2cccc(CCC(=O)NCCC(=O)N3c4ccccc4C#Cc4ccccc43)c2)=Nc2c1cc(Cl)c[n+]2CCCS(=O)(=O)O. The van der Waals surface area contributed by atoms with Gasteiger partial charge in [0.25, 0.3) is 30.4 Å². The number of allylic oxidation sites excluding steroid dienone is 6. The summed E-state index contributed by atoms with van der Waals surface area (Å²) in [5, 5.41) is 3.33. The van der Waals surface area contributed by atoms with Crippen molar-refractivity contribution >= 4 is 87.9 Å². The Bertz CT molecular complexity index is 3660. The lowest BCUT2D eigenvalue weighted by molar-refractivity contribution is -0.684. The molecule has 2 amide bonds. The number of carbonyl (C=O) groups is 2. The van der Waals surface area contributed by atoms with E-state index in [0.717, 1.165) is 27.8 Å². The predicted molar refractivity (Wildman–Crippen MR) is 294 cm³/mol. The van der Waals surface area contributed by atoms with E-state index in [4.69, 9.17) is 16.6 Å². The van der Waals surface area contributed by atoms with E-state index in [1.54, 1.807) is 21.7 Å². The first kappa shape index (κ1) is 55.5. The van der Waals surface area contributed by atoms with Crippen molar-refractivity contribution in [3.05, 3.63) is 172 Å². The van der Waals surface area contributed by atoms with Crippen molar-refractivity contribution in [3.8, 4) is 11.8 Å². The number of rotatable bonds is 19. The summed E-state index contributed by atoms with van der Waals surface area (Å²) < 4.78 is 102. The third kappa shape index (κ3) is 12.7. The fourth-order valence-electron chi connectivity index (χ4n) is 9.72. The predicted octanol–water partition coefficient (Wildman–Crippen LogP) is 8.63. The Labute approximate surface area is 448 Å². The van der Waals surface area contributed by atoms with Gasteiger partial charge in [-0.15, -0.1) is 0 Å². The Morgan fingerprint density at radius 1 is 0.763 bits per heavy atom. The van der Waals surface area contributed by atoms with Crippen molar-refractivity contribution in [1.29, 1.82) is 0 Å². The molecular formula is C56H57ClN5O11S3+. The zero-order chi connectivity index (χ0) is 54.8. The van der Waals surface area contributed by atoms with Crippen LogP contribution in [0.1, 0.15) is 86.8 Å². The highest BCUT2D eigenvalue weighted by molar-refractivity contribution is 7.86. The number of benzene rings is 4. The van der Waals surface area contributed by atoms with E-state index in [-0.39, 0.29) is 62.0 Å². The second kappa shape index (κ2) is 22.1. The third-order valence-corrected chi connectivity index (χ3v) is 16.3. The Morgan fingerprint density at radius 2 is 1.42 bits per heavy atom. The first-order valence-electron chi connectivity index (χ1n) is 24.4. The number of para-hydroxylation sites is 2. The van der Waals surface area contributed by atoms with E-state index in [0.29, 0.717) is 56.9 Å². The molecule has 4 heterocycles. The molecule has 3 aliphatic rings. The first-order chi connectivity index (χ1) is 35.8. The van der Waals surface area contributed by atoms with Crippen LogP contribution in [0.25, 0.3) is 5.57 Å². The van der Waals surface area contributed by atoms with Crippen molar-refractivity contribution in [1.82, 2.24) is 5.32 Å². The smallest absolute Gasteiger partial charge is 0.327 e. The number of aryl methyl sites for hydroxylation is 2. The fourth-order valence-corrected chi connectivity index (χ4v) is 11.4. The number of fused-ring (bicyclic) bond motifs is 4. The molecule has 0 aliphatic carbocycles. The summed E-state index contributed by atoms with van der Waals surface area (Å²) in [4.78, 5) is 35.4. The molecule has 0 radical (unpaired) electrons. The van der Waals surface area contributed by atoms with E-state index in [1.807, 2.05) is 136 Å². The molecule has 1 aromatic heterocycles. The molecule has 0 fully saturated rings. The van der Waals surface area contributed by atoms with Gasteiger partial charge in [0.2, 0.25) is 11.8 Å². The largest absolute Gasteiger partial charge is 0.356 e. The number of halogens is 1. The molecule has 0 unspecified atom stereocenters. The monoisotopic (exact) mass is 1110 g/mol. The van der Waals surface area contributed by atoms with Crippen LogP contribution in [0, 0.1) is 11.8 Å². The maximum atomic E-state index is 13.8. The minimum absolute atomic E-state index is 0.0281. The van der Waals surface area contributed by atoms with Crippen LogP contribution in [-0.2, 0) is 63.7 Å². The van der Waals surface area contributed by atoms with E-state index >= 15 is 0 Å². The number of amides is 2. The van der Waals surface area contributed by atoms with E-state index in [2.05, 4.69) is 17.2 Å². The Morgan fingerprint density at radius 3 is 2.08 bits per heavy atom. The molecule has 0 spiro atoms. The molecule has 0 atom stereocenters. The average molecular weight is 1110 g/mol. The van der Waals surface area contributed by atoms with Gasteiger partial charge in [0, 0.05) is 60.3 Å². The minimum atomic E-state index is -4.58. The molecule has 76 heavy (non-hydrogen) atoms. The van der Waals surface area contributed by atoms with Gasteiger partial charge in [-0.25, -0.2) is 4.57 Å². The summed E-state index contributed by atoms with van der Waals surface area (Å²) in [5.41, 5.74) is 6.71. The zero-order valence-corrected chi connectivity index (χ0v) is 45.4. The number of aromatic nitrogens is 1. The summed E-state index contributed by atoms with van der Waals surface area (Å²) in [6, 6.07) is 28.6. The highest BCUT2D eigenvalue weighted by atomic mass is 35.5. The van der Waals surface area contributed by atoms with Gasteiger partial charge < -0.3 is 10.2 Å². The van der Waals surface area contributed by atoms with E-state index in [1.165, 1.54) is 12.1 Å². The van der Waals surface area contributed by atoms with Crippen molar-refractivity contribution in [2.24, 2.45) is 4.99 Å². The Kier molecular flexibility index (Phi) is 16.1. The average Bonchev–Trinajstić information content (AvgIpc) is 3.63. The van der Waals surface area contributed by atoms with E-state index in [9.17, 15) is 48.5 Å². The number of nitrogens with zero attached hydrogens (tertiary/aromatic N) is 4. The van der Waals surface area contributed by atoms with Crippen LogP contribution < -0.4 is 19.7 Å². The molecule has 20 heteroatoms. The van der Waals surface area contributed by atoms with Gasteiger partial charge >= 0.3 is 5.82 Å². The number of hydrogen-bond acceptors (Lipinski definition) is 10. The number of carbonyl (C=O) groups excluding carboxylic acids is 2. The summed E-state index contributed by atoms with van der Waals surface area (Å²) in [5.74, 6) is 5.48. The van der Waals surface area contributed by atoms with Gasteiger partial charge in [-0.3, -0.25) is 28.1 Å². The maximum absolute atomic E-state index is 13.8. The van der Waals surface area contributed by atoms with Crippen molar-refractivity contribution in [3.63, 3.8) is 0 Å². The second-order valence-corrected chi connectivity index (χ2v) is 24.7. The maximum Gasteiger partial charge on any atom is 0.327 e. The van der Waals surface area contributed by atoms with Crippen LogP contribution in [-0.4, -0.2) is 81.0 Å². The third-order valence-electron chi connectivity index (χ3n) is 13.6. The molecule has 16 nitrogen and oxygen atoms in total. The molecule has 8 rings (SSSR count). The van der Waals surface area contributed by atoms with Crippen molar-refractivity contribution < 1.29 is 53.1 Å². The number of hydrogen-bond donors (Lipinski definition) is 4. The Balaban J connectivity index is 1.08.